The third kappa shape index (κ3) is 2.30. The fourth-order valence-electron chi connectivity index (χ4n) is 2.08. The van der Waals surface area contributed by atoms with Crippen LogP contribution in [0.15, 0.2) is 24.3 Å². The van der Waals surface area contributed by atoms with Gasteiger partial charge in [0.2, 0.25) is 0 Å². The Morgan fingerprint density at radius 2 is 1.94 bits per heavy atom. The van der Waals surface area contributed by atoms with E-state index in [1.54, 1.807) is 0 Å². The number of piperidine rings is 1. The van der Waals surface area contributed by atoms with E-state index in [9.17, 15) is 4.79 Å². The molecule has 3 nitrogen and oxygen atoms in total. The molecule has 1 heterocycles. The number of nitrogens with zero attached hydrogens (tertiary/aromatic N) is 1. The summed E-state index contributed by atoms with van der Waals surface area (Å²) in [5.41, 5.74) is 1.01. The lowest BCUT2D eigenvalue weighted by molar-refractivity contribution is -0.142. The summed E-state index contributed by atoms with van der Waals surface area (Å²) in [5, 5.41) is 9.64. The predicted octanol–water partition coefficient (Wildman–Crippen LogP) is 2.64. The first-order valence-electron chi connectivity index (χ1n) is 5.41. The summed E-state index contributed by atoms with van der Waals surface area (Å²) in [4.78, 5) is 13.0. The number of hydrogen-bond acceptors (Lipinski definition) is 2. The van der Waals surface area contributed by atoms with Crippen molar-refractivity contribution in [3.8, 4) is 0 Å². The number of carboxylic acids is 1. The van der Waals surface area contributed by atoms with Crippen LogP contribution in [-0.2, 0) is 4.79 Å². The molecule has 1 aromatic rings. The number of anilines is 1. The molecule has 0 aromatic heterocycles. The molecule has 86 valence electrons. The van der Waals surface area contributed by atoms with Crippen LogP contribution in [0.5, 0.6) is 0 Å². The van der Waals surface area contributed by atoms with Crippen LogP contribution in [0.2, 0.25) is 5.02 Å². The van der Waals surface area contributed by atoms with Gasteiger partial charge in [-0.25, -0.2) is 0 Å². The van der Waals surface area contributed by atoms with Gasteiger partial charge in [-0.05, 0) is 25.0 Å². The van der Waals surface area contributed by atoms with Gasteiger partial charge in [0.15, 0.2) is 0 Å². The minimum absolute atomic E-state index is 0.196. The Kier molecular flexibility index (Phi) is 3.34. The highest BCUT2D eigenvalue weighted by molar-refractivity contribution is 6.33. The molecule has 1 aliphatic rings. The van der Waals surface area contributed by atoms with Gasteiger partial charge in [-0.1, -0.05) is 23.7 Å². The van der Waals surface area contributed by atoms with Crippen molar-refractivity contribution in [2.45, 2.75) is 12.8 Å². The van der Waals surface area contributed by atoms with Crippen LogP contribution in [0.4, 0.5) is 5.69 Å². The summed E-state index contributed by atoms with van der Waals surface area (Å²) in [7, 11) is 0. The van der Waals surface area contributed by atoms with Crippen molar-refractivity contribution in [1.29, 1.82) is 0 Å². The fraction of sp³-hybridized carbons (Fsp3) is 0.417. The number of carbonyl (C=O) groups is 1. The van der Waals surface area contributed by atoms with Crippen molar-refractivity contribution in [3.05, 3.63) is 29.3 Å². The maximum atomic E-state index is 10.8. The van der Waals surface area contributed by atoms with E-state index >= 15 is 0 Å². The first-order chi connectivity index (χ1) is 7.68. The topological polar surface area (TPSA) is 40.5 Å². The van der Waals surface area contributed by atoms with E-state index in [2.05, 4.69) is 4.90 Å². The number of para-hydroxylation sites is 1. The lowest BCUT2D eigenvalue weighted by atomic mass is 9.97. The molecule has 0 bridgehead atoms. The first kappa shape index (κ1) is 11.3. The van der Waals surface area contributed by atoms with E-state index in [0.29, 0.717) is 12.8 Å². The molecule has 0 unspecified atom stereocenters. The molecule has 0 atom stereocenters. The van der Waals surface area contributed by atoms with Gasteiger partial charge in [0.05, 0.1) is 16.6 Å². The quantitative estimate of drug-likeness (QED) is 0.863. The van der Waals surface area contributed by atoms with Gasteiger partial charge < -0.3 is 10.0 Å². The van der Waals surface area contributed by atoms with Crippen LogP contribution in [0.1, 0.15) is 12.8 Å². The Hall–Kier alpha value is -1.22. The molecule has 1 N–H and O–H groups in total. The van der Waals surface area contributed by atoms with E-state index in [0.717, 1.165) is 23.8 Å². The van der Waals surface area contributed by atoms with E-state index in [1.165, 1.54) is 0 Å². The zero-order valence-corrected chi connectivity index (χ0v) is 9.65. The fourth-order valence-corrected chi connectivity index (χ4v) is 2.33. The molecule has 1 fully saturated rings. The molecule has 0 saturated carbocycles. The molecular formula is C12H14ClNO2. The molecular weight excluding hydrogens is 226 g/mol. The zero-order valence-electron chi connectivity index (χ0n) is 8.90. The monoisotopic (exact) mass is 239 g/mol. The van der Waals surface area contributed by atoms with Crippen molar-refractivity contribution in [2.24, 2.45) is 5.92 Å². The number of rotatable bonds is 2. The molecule has 1 saturated heterocycles. The Morgan fingerprint density at radius 3 is 2.50 bits per heavy atom. The smallest absolute Gasteiger partial charge is 0.306 e. The van der Waals surface area contributed by atoms with Gasteiger partial charge in [-0.3, -0.25) is 4.79 Å². The number of benzene rings is 1. The molecule has 2 rings (SSSR count). The van der Waals surface area contributed by atoms with Crippen molar-refractivity contribution in [1.82, 2.24) is 0 Å². The second-order valence-corrected chi connectivity index (χ2v) is 4.46. The van der Waals surface area contributed by atoms with Crippen LogP contribution in [0, 0.1) is 5.92 Å². The highest BCUT2D eigenvalue weighted by Crippen LogP contribution is 2.29. The molecule has 0 radical (unpaired) electrons. The first-order valence-corrected chi connectivity index (χ1v) is 5.78. The summed E-state index contributed by atoms with van der Waals surface area (Å²) in [6.45, 7) is 1.53. The summed E-state index contributed by atoms with van der Waals surface area (Å²) >= 11 is 6.10. The molecule has 0 spiro atoms. The second kappa shape index (κ2) is 4.74. The molecule has 16 heavy (non-hydrogen) atoms. The van der Waals surface area contributed by atoms with Gasteiger partial charge in [0, 0.05) is 13.1 Å². The molecule has 0 amide bonds. The molecule has 0 aliphatic carbocycles. The van der Waals surface area contributed by atoms with Crippen molar-refractivity contribution < 1.29 is 9.90 Å². The third-order valence-electron chi connectivity index (χ3n) is 3.04. The van der Waals surface area contributed by atoms with E-state index < -0.39 is 5.97 Å². The van der Waals surface area contributed by atoms with Gasteiger partial charge >= 0.3 is 5.97 Å². The average molecular weight is 240 g/mol. The zero-order chi connectivity index (χ0) is 11.5. The Morgan fingerprint density at radius 1 is 1.31 bits per heavy atom. The lowest BCUT2D eigenvalue weighted by Crippen LogP contribution is -2.36. The summed E-state index contributed by atoms with van der Waals surface area (Å²) in [5.74, 6) is -0.877. The van der Waals surface area contributed by atoms with Gasteiger partial charge in [0.25, 0.3) is 0 Å². The number of aliphatic carboxylic acids is 1. The summed E-state index contributed by atoms with van der Waals surface area (Å²) < 4.78 is 0. The van der Waals surface area contributed by atoms with Gasteiger partial charge in [-0.15, -0.1) is 0 Å². The largest absolute Gasteiger partial charge is 0.481 e. The second-order valence-electron chi connectivity index (χ2n) is 4.05. The normalized spacial score (nSPS) is 17.4. The maximum Gasteiger partial charge on any atom is 0.306 e. The molecule has 4 heteroatoms. The minimum Gasteiger partial charge on any atom is -0.481 e. The maximum absolute atomic E-state index is 10.8. The van der Waals surface area contributed by atoms with Crippen LogP contribution in [0.25, 0.3) is 0 Å². The van der Waals surface area contributed by atoms with Gasteiger partial charge in [-0.2, -0.15) is 0 Å². The highest BCUT2D eigenvalue weighted by atomic mass is 35.5. The number of hydrogen-bond donors (Lipinski definition) is 1. The third-order valence-corrected chi connectivity index (χ3v) is 3.36. The molecule has 1 aromatic carbocycles. The van der Waals surface area contributed by atoms with Crippen LogP contribution in [0.3, 0.4) is 0 Å². The average Bonchev–Trinajstić information content (AvgIpc) is 2.30. The Bertz CT molecular complexity index is 386. The van der Waals surface area contributed by atoms with Crippen LogP contribution in [-0.4, -0.2) is 24.2 Å². The van der Waals surface area contributed by atoms with E-state index in [-0.39, 0.29) is 5.92 Å². The van der Waals surface area contributed by atoms with E-state index in [1.807, 2.05) is 24.3 Å². The highest BCUT2D eigenvalue weighted by Gasteiger charge is 2.25. The van der Waals surface area contributed by atoms with Crippen LogP contribution < -0.4 is 4.90 Å². The summed E-state index contributed by atoms with van der Waals surface area (Å²) in [6, 6.07) is 7.68. The lowest BCUT2D eigenvalue weighted by Gasteiger charge is -2.32. The SMILES string of the molecule is O=C(O)C1CCN(c2ccccc2Cl)CC1. The number of halogens is 1. The van der Waals surface area contributed by atoms with Crippen LogP contribution >= 0.6 is 11.6 Å². The standard InChI is InChI=1S/C12H14ClNO2/c13-10-3-1-2-4-11(10)14-7-5-9(6-8-14)12(15)16/h1-4,9H,5-8H2,(H,15,16). The molecule has 1 aliphatic heterocycles. The number of carboxylic acid groups (broad SMARTS) is 1. The van der Waals surface area contributed by atoms with Crippen molar-refractivity contribution in [3.63, 3.8) is 0 Å². The Balaban J connectivity index is 2.05. The Labute approximate surface area is 99.6 Å². The van der Waals surface area contributed by atoms with Gasteiger partial charge in [0.1, 0.15) is 0 Å². The van der Waals surface area contributed by atoms with E-state index in [4.69, 9.17) is 16.7 Å². The predicted molar refractivity (Wildman–Crippen MR) is 64.0 cm³/mol. The van der Waals surface area contributed by atoms with Crippen molar-refractivity contribution in [2.75, 3.05) is 18.0 Å². The summed E-state index contributed by atoms with van der Waals surface area (Å²) in [6.07, 6.45) is 1.39. The minimum atomic E-state index is -0.682. The van der Waals surface area contributed by atoms with Crippen molar-refractivity contribution >= 4 is 23.3 Å².